The summed E-state index contributed by atoms with van der Waals surface area (Å²) >= 11 is 0. The molecule has 0 bridgehead atoms. The zero-order valence-electron chi connectivity index (χ0n) is 11.3. The number of rotatable bonds is 5. The Bertz CT molecular complexity index is 383. The van der Waals surface area contributed by atoms with Crippen LogP contribution in [0.4, 0.5) is 0 Å². The summed E-state index contributed by atoms with van der Waals surface area (Å²) in [6.45, 7) is 4.18. The molecular formula is C13H22ClNO3. The van der Waals surface area contributed by atoms with Crippen LogP contribution >= 0.6 is 12.4 Å². The normalized spacial score (nSPS) is 11.9. The lowest BCUT2D eigenvalue weighted by Gasteiger charge is -2.19. The zero-order valence-corrected chi connectivity index (χ0v) is 12.1. The number of methoxy groups -OCH3 is 2. The van der Waals surface area contributed by atoms with Crippen LogP contribution in [0.25, 0.3) is 0 Å². The van der Waals surface area contributed by atoms with Gasteiger partial charge in [-0.3, -0.25) is 0 Å². The van der Waals surface area contributed by atoms with Crippen LogP contribution in [0.1, 0.15) is 31.9 Å². The summed E-state index contributed by atoms with van der Waals surface area (Å²) < 4.78 is 10.3. The summed E-state index contributed by atoms with van der Waals surface area (Å²) in [5, 5.41) is 9.98. The van der Waals surface area contributed by atoms with Crippen LogP contribution in [0.5, 0.6) is 17.2 Å². The van der Waals surface area contributed by atoms with Gasteiger partial charge in [0.25, 0.3) is 0 Å². The molecule has 0 spiro atoms. The SMILES string of the molecule is COc1cc(O)c([C@@H](N)CC(C)C)c(OC)c1.Cl. The third-order valence-corrected chi connectivity index (χ3v) is 2.65. The molecule has 1 aromatic carbocycles. The summed E-state index contributed by atoms with van der Waals surface area (Å²) in [5.41, 5.74) is 6.72. The summed E-state index contributed by atoms with van der Waals surface area (Å²) in [6, 6.07) is 3.05. The molecule has 3 N–H and O–H groups in total. The number of hydrogen-bond acceptors (Lipinski definition) is 4. The quantitative estimate of drug-likeness (QED) is 0.867. The van der Waals surface area contributed by atoms with E-state index in [1.54, 1.807) is 26.4 Å². The van der Waals surface area contributed by atoms with Crippen molar-refractivity contribution in [1.82, 2.24) is 0 Å². The Morgan fingerprint density at radius 1 is 1.22 bits per heavy atom. The molecule has 1 atom stereocenters. The highest BCUT2D eigenvalue weighted by Crippen LogP contribution is 2.38. The molecule has 0 aliphatic carbocycles. The van der Waals surface area contributed by atoms with Gasteiger partial charge in [-0.15, -0.1) is 12.4 Å². The summed E-state index contributed by atoms with van der Waals surface area (Å²) in [7, 11) is 3.10. The molecule has 0 amide bonds. The standard InChI is InChI=1S/C13H21NO3.ClH/c1-8(2)5-10(14)13-11(15)6-9(16-3)7-12(13)17-4;/h6-8,10,15H,5,14H2,1-4H3;1H/t10-;/m0./s1. The van der Waals surface area contributed by atoms with Gasteiger partial charge in [0, 0.05) is 18.2 Å². The lowest BCUT2D eigenvalue weighted by molar-refractivity contribution is 0.369. The number of aromatic hydroxyl groups is 1. The lowest BCUT2D eigenvalue weighted by atomic mass is 9.96. The van der Waals surface area contributed by atoms with E-state index in [1.165, 1.54) is 0 Å². The van der Waals surface area contributed by atoms with Crippen molar-refractivity contribution in [2.45, 2.75) is 26.3 Å². The minimum absolute atomic E-state index is 0. The fourth-order valence-electron chi connectivity index (χ4n) is 1.87. The van der Waals surface area contributed by atoms with E-state index in [0.29, 0.717) is 23.0 Å². The fourth-order valence-corrected chi connectivity index (χ4v) is 1.87. The Morgan fingerprint density at radius 3 is 2.28 bits per heavy atom. The number of benzene rings is 1. The van der Waals surface area contributed by atoms with E-state index < -0.39 is 0 Å². The largest absolute Gasteiger partial charge is 0.507 e. The van der Waals surface area contributed by atoms with E-state index in [1.807, 2.05) is 0 Å². The van der Waals surface area contributed by atoms with Crippen LogP contribution in [0.2, 0.25) is 0 Å². The first-order valence-corrected chi connectivity index (χ1v) is 5.70. The van der Waals surface area contributed by atoms with Crippen LogP contribution in [0, 0.1) is 5.92 Å². The fraction of sp³-hybridized carbons (Fsp3) is 0.538. The number of nitrogens with two attached hydrogens (primary N) is 1. The van der Waals surface area contributed by atoms with Crippen LogP contribution < -0.4 is 15.2 Å². The number of phenols is 1. The average Bonchev–Trinajstić information content (AvgIpc) is 2.26. The molecule has 0 saturated carbocycles. The van der Waals surface area contributed by atoms with Crippen LogP contribution in [-0.2, 0) is 0 Å². The van der Waals surface area contributed by atoms with E-state index in [2.05, 4.69) is 13.8 Å². The van der Waals surface area contributed by atoms with Gasteiger partial charge in [-0.05, 0) is 12.3 Å². The molecule has 1 aromatic rings. The minimum atomic E-state index is -0.240. The van der Waals surface area contributed by atoms with Gasteiger partial charge in [-0.1, -0.05) is 13.8 Å². The first kappa shape index (κ1) is 16.9. The predicted octanol–water partition coefficient (Wildman–Crippen LogP) is 2.88. The van der Waals surface area contributed by atoms with Gasteiger partial charge in [0.2, 0.25) is 0 Å². The molecule has 5 heteroatoms. The van der Waals surface area contributed by atoms with Crippen molar-refractivity contribution < 1.29 is 14.6 Å². The van der Waals surface area contributed by atoms with Crippen molar-refractivity contribution in [3.05, 3.63) is 17.7 Å². The molecule has 0 fully saturated rings. The minimum Gasteiger partial charge on any atom is -0.507 e. The molecule has 1 rings (SSSR count). The lowest BCUT2D eigenvalue weighted by Crippen LogP contribution is -2.14. The van der Waals surface area contributed by atoms with Crippen molar-refractivity contribution in [3.8, 4) is 17.2 Å². The van der Waals surface area contributed by atoms with Gasteiger partial charge in [-0.25, -0.2) is 0 Å². The maximum atomic E-state index is 9.98. The number of ether oxygens (including phenoxy) is 2. The van der Waals surface area contributed by atoms with Crippen molar-refractivity contribution in [2.75, 3.05) is 14.2 Å². The maximum absolute atomic E-state index is 9.98. The molecule has 0 aliphatic rings. The molecule has 0 radical (unpaired) electrons. The number of halogens is 1. The van der Waals surface area contributed by atoms with Gasteiger partial charge < -0.3 is 20.3 Å². The maximum Gasteiger partial charge on any atom is 0.131 e. The van der Waals surface area contributed by atoms with E-state index in [9.17, 15) is 5.11 Å². The van der Waals surface area contributed by atoms with Crippen molar-refractivity contribution in [3.63, 3.8) is 0 Å². The molecule has 4 nitrogen and oxygen atoms in total. The molecule has 18 heavy (non-hydrogen) atoms. The summed E-state index contributed by atoms with van der Waals surface area (Å²) in [4.78, 5) is 0. The Hall–Kier alpha value is -1.13. The van der Waals surface area contributed by atoms with Gasteiger partial charge in [0.1, 0.15) is 17.2 Å². The first-order valence-electron chi connectivity index (χ1n) is 5.70. The summed E-state index contributed by atoms with van der Waals surface area (Å²) in [6.07, 6.45) is 0.788. The molecule has 0 unspecified atom stereocenters. The van der Waals surface area contributed by atoms with Crippen LogP contribution in [0.3, 0.4) is 0 Å². The second-order valence-corrected chi connectivity index (χ2v) is 4.50. The van der Waals surface area contributed by atoms with E-state index in [4.69, 9.17) is 15.2 Å². The second-order valence-electron chi connectivity index (χ2n) is 4.50. The number of phenolic OH excluding ortho intramolecular Hbond substituents is 1. The zero-order chi connectivity index (χ0) is 13.0. The van der Waals surface area contributed by atoms with Crippen LogP contribution in [-0.4, -0.2) is 19.3 Å². The summed E-state index contributed by atoms with van der Waals surface area (Å²) in [5.74, 6) is 1.69. The predicted molar refractivity (Wildman–Crippen MR) is 74.8 cm³/mol. The first-order chi connectivity index (χ1) is 7.99. The molecule has 104 valence electrons. The smallest absolute Gasteiger partial charge is 0.131 e. The number of hydrogen-bond donors (Lipinski definition) is 2. The van der Waals surface area contributed by atoms with Gasteiger partial charge in [0.05, 0.1) is 19.8 Å². The van der Waals surface area contributed by atoms with E-state index in [-0.39, 0.29) is 24.2 Å². The Labute approximate surface area is 115 Å². The molecular weight excluding hydrogens is 254 g/mol. The Morgan fingerprint density at radius 2 is 1.83 bits per heavy atom. The van der Waals surface area contributed by atoms with Crippen LogP contribution in [0.15, 0.2) is 12.1 Å². The van der Waals surface area contributed by atoms with Gasteiger partial charge in [0.15, 0.2) is 0 Å². The average molecular weight is 276 g/mol. The molecule has 0 aliphatic heterocycles. The Balaban J connectivity index is 0.00000289. The third kappa shape index (κ3) is 3.96. The second kappa shape index (κ2) is 7.34. The van der Waals surface area contributed by atoms with Crippen molar-refractivity contribution >= 4 is 12.4 Å². The highest BCUT2D eigenvalue weighted by molar-refractivity contribution is 5.85. The molecule has 0 heterocycles. The monoisotopic (exact) mass is 275 g/mol. The van der Waals surface area contributed by atoms with Crippen molar-refractivity contribution in [1.29, 1.82) is 0 Å². The topological polar surface area (TPSA) is 64.7 Å². The van der Waals surface area contributed by atoms with E-state index in [0.717, 1.165) is 6.42 Å². The highest BCUT2D eigenvalue weighted by atomic mass is 35.5. The van der Waals surface area contributed by atoms with E-state index >= 15 is 0 Å². The molecule has 0 aromatic heterocycles. The molecule has 0 saturated heterocycles. The third-order valence-electron chi connectivity index (χ3n) is 2.65. The van der Waals surface area contributed by atoms with Crippen molar-refractivity contribution in [2.24, 2.45) is 11.7 Å². The van der Waals surface area contributed by atoms with Gasteiger partial charge >= 0.3 is 0 Å². The highest BCUT2D eigenvalue weighted by Gasteiger charge is 2.19. The Kier molecular flexibility index (Phi) is 6.88. The van der Waals surface area contributed by atoms with Gasteiger partial charge in [-0.2, -0.15) is 0 Å².